The Labute approximate surface area is 149 Å². The Kier molecular flexibility index (Phi) is 6.23. The lowest BCUT2D eigenvalue weighted by Gasteiger charge is -2.37. The molecule has 2 rings (SSSR count). The van der Waals surface area contributed by atoms with E-state index in [0.29, 0.717) is 19.4 Å². The van der Waals surface area contributed by atoms with Crippen molar-refractivity contribution in [1.29, 1.82) is 0 Å². The minimum absolute atomic E-state index is 0.0764. The zero-order valence-electron chi connectivity index (χ0n) is 14.7. The van der Waals surface area contributed by atoms with E-state index in [1.807, 2.05) is 0 Å². The van der Waals surface area contributed by atoms with E-state index in [1.165, 1.54) is 31.3 Å². The highest BCUT2D eigenvalue weighted by Crippen LogP contribution is 2.40. The lowest BCUT2D eigenvalue weighted by atomic mass is 9.90. The van der Waals surface area contributed by atoms with Crippen molar-refractivity contribution in [2.45, 2.75) is 32.4 Å². The molecule has 0 radical (unpaired) electrons. The van der Waals surface area contributed by atoms with Crippen molar-refractivity contribution in [1.82, 2.24) is 4.90 Å². The van der Waals surface area contributed by atoms with Crippen LogP contribution in [-0.2, 0) is 4.79 Å². The van der Waals surface area contributed by atoms with Gasteiger partial charge in [0, 0.05) is 18.2 Å². The maximum Gasteiger partial charge on any atom is 0.387 e. The molecule has 1 amide bonds. The summed E-state index contributed by atoms with van der Waals surface area (Å²) in [7, 11) is 2.51. The zero-order chi connectivity index (χ0) is 19.4. The summed E-state index contributed by atoms with van der Waals surface area (Å²) in [6.45, 7) is -1.000. The van der Waals surface area contributed by atoms with Crippen LogP contribution in [0.5, 0.6) is 17.2 Å². The van der Waals surface area contributed by atoms with E-state index in [1.54, 1.807) is 6.92 Å². The number of amides is 1. The van der Waals surface area contributed by atoms with Crippen molar-refractivity contribution in [3.63, 3.8) is 0 Å². The van der Waals surface area contributed by atoms with Gasteiger partial charge in [0.05, 0.1) is 20.1 Å². The molecular weight excluding hydrogens is 352 g/mol. The van der Waals surface area contributed by atoms with Crippen LogP contribution in [0.2, 0.25) is 0 Å². The zero-order valence-corrected chi connectivity index (χ0v) is 14.7. The predicted octanol–water partition coefficient (Wildman–Crippen LogP) is 2.63. The second-order valence-corrected chi connectivity index (χ2v) is 5.91. The third kappa shape index (κ3) is 3.97. The SMILES string of the molecule is COc1cc(C(=O)N2CCC[C@H](C(=O)O)[C@@H]2C)cc(OC)c1OC(F)F. The highest BCUT2D eigenvalue weighted by molar-refractivity contribution is 5.96. The number of likely N-dealkylation sites (tertiary alicyclic amines) is 1. The number of rotatable bonds is 6. The van der Waals surface area contributed by atoms with Gasteiger partial charge >= 0.3 is 12.6 Å². The predicted molar refractivity (Wildman–Crippen MR) is 87.0 cm³/mol. The lowest BCUT2D eigenvalue weighted by Crippen LogP contribution is -2.49. The van der Waals surface area contributed by atoms with Crippen LogP contribution in [-0.4, -0.2) is 55.3 Å². The Morgan fingerprint density at radius 3 is 2.27 bits per heavy atom. The molecule has 2 atom stereocenters. The molecular formula is C17H21F2NO6. The lowest BCUT2D eigenvalue weighted by molar-refractivity contribution is -0.144. The van der Waals surface area contributed by atoms with E-state index in [9.17, 15) is 23.5 Å². The molecule has 9 heteroatoms. The van der Waals surface area contributed by atoms with Crippen LogP contribution in [0.1, 0.15) is 30.1 Å². The van der Waals surface area contributed by atoms with Gasteiger partial charge in [0.25, 0.3) is 5.91 Å². The van der Waals surface area contributed by atoms with Crippen molar-refractivity contribution in [2.24, 2.45) is 5.92 Å². The number of hydrogen-bond donors (Lipinski definition) is 1. The van der Waals surface area contributed by atoms with Gasteiger partial charge in [-0.05, 0) is 31.9 Å². The number of methoxy groups -OCH3 is 2. The van der Waals surface area contributed by atoms with Crippen molar-refractivity contribution in [3.8, 4) is 17.2 Å². The minimum Gasteiger partial charge on any atom is -0.493 e. The van der Waals surface area contributed by atoms with Crippen molar-refractivity contribution in [2.75, 3.05) is 20.8 Å². The van der Waals surface area contributed by atoms with Gasteiger partial charge in [-0.15, -0.1) is 0 Å². The Bertz CT molecular complexity index is 656. The van der Waals surface area contributed by atoms with Crippen LogP contribution in [0.3, 0.4) is 0 Å². The fourth-order valence-corrected chi connectivity index (χ4v) is 3.13. The first-order valence-electron chi connectivity index (χ1n) is 8.04. The second-order valence-electron chi connectivity index (χ2n) is 5.91. The van der Waals surface area contributed by atoms with Crippen LogP contribution < -0.4 is 14.2 Å². The average molecular weight is 373 g/mol. The van der Waals surface area contributed by atoms with Crippen LogP contribution in [0.15, 0.2) is 12.1 Å². The number of nitrogens with zero attached hydrogens (tertiary/aromatic N) is 1. The number of carboxylic acid groups (broad SMARTS) is 1. The van der Waals surface area contributed by atoms with Crippen molar-refractivity contribution < 1.29 is 37.7 Å². The minimum atomic E-state index is -3.09. The fourth-order valence-electron chi connectivity index (χ4n) is 3.13. The third-order valence-electron chi connectivity index (χ3n) is 4.48. The normalized spacial score (nSPS) is 20.0. The molecule has 26 heavy (non-hydrogen) atoms. The number of piperidine rings is 1. The number of carbonyl (C=O) groups excluding carboxylic acids is 1. The Morgan fingerprint density at radius 2 is 1.81 bits per heavy atom. The summed E-state index contributed by atoms with van der Waals surface area (Å²) in [6, 6.07) is 2.06. The topological polar surface area (TPSA) is 85.3 Å². The van der Waals surface area contributed by atoms with E-state index in [4.69, 9.17) is 9.47 Å². The van der Waals surface area contributed by atoms with Gasteiger partial charge in [-0.3, -0.25) is 9.59 Å². The van der Waals surface area contributed by atoms with Crippen LogP contribution in [0.4, 0.5) is 8.78 Å². The molecule has 1 heterocycles. The van der Waals surface area contributed by atoms with Gasteiger partial charge in [0.15, 0.2) is 11.5 Å². The summed E-state index contributed by atoms with van der Waals surface area (Å²) in [6.07, 6.45) is 1.06. The molecule has 1 aliphatic heterocycles. The first-order valence-corrected chi connectivity index (χ1v) is 8.04. The molecule has 1 fully saturated rings. The number of ether oxygens (including phenoxy) is 3. The highest BCUT2D eigenvalue weighted by Gasteiger charge is 2.36. The quantitative estimate of drug-likeness (QED) is 0.825. The maximum absolute atomic E-state index is 12.9. The van der Waals surface area contributed by atoms with Gasteiger partial charge in [-0.1, -0.05) is 0 Å². The Balaban J connectivity index is 2.38. The van der Waals surface area contributed by atoms with Crippen LogP contribution >= 0.6 is 0 Å². The van der Waals surface area contributed by atoms with Gasteiger partial charge < -0.3 is 24.2 Å². The summed E-state index contributed by atoms with van der Waals surface area (Å²) in [5, 5.41) is 9.30. The van der Waals surface area contributed by atoms with Crippen LogP contribution in [0.25, 0.3) is 0 Å². The molecule has 1 aliphatic rings. The van der Waals surface area contributed by atoms with Gasteiger partial charge in [-0.25, -0.2) is 0 Å². The molecule has 144 valence electrons. The second kappa shape index (κ2) is 8.20. The smallest absolute Gasteiger partial charge is 0.387 e. The first-order chi connectivity index (χ1) is 12.3. The maximum atomic E-state index is 12.9. The molecule has 1 N–H and O–H groups in total. The number of aliphatic carboxylic acids is 1. The molecule has 0 spiro atoms. The van der Waals surface area contributed by atoms with Crippen molar-refractivity contribution >= 4 is 11.9 Å². The molecule has 0 saturated carbocycles. The standard InChI is InChI=1S/C17H21F2NO6/c1-9-11(16(22)23)5-4-6-20(9)15(21)10-7-12(24-2)14(26-17(18)19)13(8-10)25-3/h7-9,11,17H,4-6H2,1-3H3,(H,22,23)/t9-,11-/m0/s1. The Morgan fingerprint density at radius 1 is 1.23 bits per heavy atom. The molecule has 1 aromatic rings. The largest absolute Gasteiger partial charge is 0.493 e. The van der Waals surface area contributed by atoms with Gasteiger partial charge in [-0.2, -0.15) is 8.78 Å². The third-order valence-corrected chi connectivity index (χ3v) is 4.48. The number of hydrogen-bond acceptors (Lipinski definition) is 5. The molecule has 0 aromatic heterocycles. The number of halogens is 2. The Hall–Kier alpha value is -2.58. The molecule has 1 aromatic carbocycles. The van der Waals surface area contributed by atoms with E-state index in [0.717, 1.165) is 0 Å². The molecule has 7 nitrogen and oxygen atoms in total. The van der Waals surface area contributed by atoms with Crippen molar-refractivity contribution in [3.05, 3.63) is 17.7 Å². The average Bonchev–Trinajstić information content (AvgIpc) is 2.60. The molecule has 0 unspecified atom stereocenters. The number of carbonyl (C=O) groups is 2. The monoisotopic (exact) mass is 373 g/mol. The number of carboxylic acids is 1. The summed E-state index contributed by atoms with van der Waals surface area (Å²) in [5.41, 5.74) is 0.137. The molecule has 1 saturated heterocycles. The summed E-state index contributed by atoms with van der Waals surface area (Å²) in [5.74, 6) is -2.50. The summed E-state index contributed by atoms with van der Waals surface area (Å²) in [4.78, 5) is 25.7. The first kappa shape index (κ1) is 19.7. The summed E-state index contributed by atoms with van der Waals surface area (Å²) < 4.78 is 39.7. The van der Waals surface area contributed by atoms with E-state index in [-0.39, 0.29) is 22.8 Å². The van der Waals surface area contributed by atoms with Gasteiger partial charge in [0.1, 0.15) is 0 Å². The number of benzene rings is 1. The van der Waals surface area contributed by atoms with E-state index in [2.05, 4.69) is 4.74 Å². The molecule has 0 aliphatic carbocycles. The van der Waals surface area contributed by atoms with E-state index < -0.39 is 30.4 Å². The summed E-state index contributed by atoms with van der Waals surface area (Å²) >= 11 is 0. The van der Waals surface area contributed by atoms with Crippen LogP contribution in [0, 0.1) is 5.92 Å². The van der Waals surface area contributed by atoms with Gasteiger partial charge in [0.2, 0.25) is 5.75 Å². The highest BCUT2D eigenvalue weighted by atomic mass is 19.3. The fraction of sp³-hybridized carbons (Fsp3) is 0.529. The number of alkyl halides is 2. The molecule has 0 bridgehead atoms. The van der Waals surface area contributed by atoms with E-state index >= 15 is 0 Å².